The first kappa shape index (κ1) is 19.5. The Morgan fingerprint density at radius 2 is 1.81 bits per heavy atom. The van der Waals surface area contributed by atoms with E-state index in [-0.39, 0.29) is 17.9 Å². The van der Waals surface area contributed by atoms with Crippen molar-refractivity contribution < 1.29 is 14.3 Å². The lowest BCUT2D eigenvalue weighted by atomic mass is 10.1. The molecule has 26 heavy (non-hydrogen) atoms. The summed E-state index contributed by atoms with van der Waals surface area (Å²) in [6.45, 7) is 6.52. The van der Waals surface area contributed by atoms with E-state index in [1.54, 1.807) is 30.3 Å². The molecule has 0 saturated heterocycles. The molecular formula is C21H26N2O3. The molecule has 0 aliphatic heterocycles. The number of hydrogen-bond acceptors (Lipinski definition) is 3. The molecule has 2 N–H and O–H groups in total. The Labute approximate surface area is 154 Å². The summed E-state index contributed by atoms with van der Waals surface area (Å²) in [5.41, 5.74) is 2.12. The van der Waals surface area contributed by atoms with Gasteiger partial charge >= 0.3 is 0 Å². The third-order valence-electron chi connectivity index (χ3n) is 3.60. The molecule has 0 spiro atoms. The van der Waals surface area contributed by atoms with Gasteiger partial charge in [0.25, 0.3) is 5.91 Å². The van der Waals surface area contributed by atoms with E-state index >= 15 is 0 Å². The van der Waals surface area contributed by atoms with Crippen molar-refractivity contribution in [3.05, 3.63) is 59.7 Å². The average Bonchev–Trinajstić information content (AvgIpc) is 2.61. The van der Waals surface area contributed by atoms with Crippen molar-refractivity contribution in [1.29, 1.82) is 0 Å². The van der Waals surface area contributed by atoms with Crippen molar-refractivity contribution >= 4 is 17.5 Å². The van der Waals surface area contributed by atoms with Gasteiger partial charge in [-0.1, -0.05) is 25.1 Å². The zero-order chi connectivity index (χ0) is 18.9. The summed E-state index contributed by atoms with van der Waals surface area (Å²) >= 11 is 0. The summed E-state index contributed by atoms with van der Waals surface area (Å²) in [6.07, 6.45) is 1.24. The maximum Gasteiger partial charge on any atom is 0.255 e. The number of carbonyl (C=O) groups is 2. The zero-order valence-corrected chi connectivity index (χ0v) is 15.5. The Balaban J connectivity index is 1.96. The minimum atomic E-state index is -0.197. The Bertz CT molecular complexity index is 739. The molecule has 5 nitrogen and oxygen atoms in total. The standard InChI is InChI=1S/C21H26N2O3/c1-4-12-26-19-7-5-6-17(14-19)21(25)23-18-10-8-16(9-11-18)13-20(24)22-15(2)3/h5-11,14-15H,4,12-13H2,1-3H3,(H,22,24)(H,23,25). The van der Waals surface area contributed by atoms with Crippen LogP contribution >= 0.6 is 0 Å². The number of carbonyl (C=O) groups excluding carboxylic acids is 2. The third-order valence-corrected chi connectivity index (χ3v) is 3.60. The molecule has 2 aromatic rings. The van der Waals surface area contributed by atoms with E-state index in [2.05, 4.69) is 10.6 Å². The van der Waals surface area contributed by atoms with Crippen LogP contribution in [0.1, 0.15) is 43.1 Å². The highest BCUT2D eigenvalue weighted by molar-refractivity contribution is 6.04. The molecule has 0 fully saturated rings. The van der Waals surface area contributed by atoms with Gasteiger partial charge in [0.15, 0.2) is 0 Å². The maximum absolute atomic E-state index is 12.4. The second-order valence-corrected chi connectivity index (χ2v) is 6.43. The third kappa shape index (κ3) is 6.24. The molecule has 0 heterocycles. The number of hydrogen-bond donors (Lipinski definition) is 2. The topological polar surface area (TPSA) is 67.4 Å². The fourth-order valence-corrected chi connectivity index (χ4v) is 2.41. The van der Waals surface area contributed by atoms with Gasteiger partial charge in [-0.2, -0.15) is 0 Å². The molecule has 5 heteroatoms. The van der Waals surface area contributed by atoms with E-state index in [4.69, 9.17) is 4.74 Å². The van der Waals surface area contributed by atoms with Crippen LogP contribution in [0.2, 0.25) is 0 Å². The first-order valence-corrected chi connectivity index (χ1v) is 8.90. The Hall–Kier alpha value is -2.82. The van der Waals surface area contributed by atoms with Crippen LogP contribution in [-0.2, 0) is 11.2 Å². The second kappa shape index (κ2) is 9.61. The van der Waals surface area contributed by atoms with Crippen molar-refractivity contribution in [2.24, 2.45) is 0 Å². The molecule has 0 atom stereocenters. The van der Waals surface area contributed by atoms with Gasteiger partial charge in [0.1, 0.15) is 5.75 Å². The van der Waals surface area contributed by atoms with Crippen LogP contribution in [0.4, 0.5) is 5.69 Å². The SMILES string of the molecule is CCCOc1cccc(C(=O)Nc2ccc(CC(=O)NC(C)C)cc2)c1. The van der Waals surface area contributed by atoms with Gasteiger partial charge in [-0.05, 0) is 56.2 Å². The quantitative estimate of drug-likeness (QED) is 0.758. The summed E-state index contributed by atoms with van der Waals surface area (Å²) in [4.78, 5) is 24.2. The predicted octanol–water partition coefficient (Wildman–Crippen LogP) is 3.79. The molecular weight excluding hydrogens is 328 g/mol. The van der Waals surface area contributed by atoms with E-state index in [1.807, 2.05) is 39.0 Å². The largest absolute Gasteiger partial charge is 0.494 e. The minimum Gasteiger partial charge on any atom is -0.494 e. The molecule has 138 valence electrons. The lowest BCUT2D eigenvalue weighted by Crippen LogP contribution is -2.31. The van der Waals surface area contributed by atoms with E-state index in [9.17, 15) is 9.59 Å². The predicted molar refractivity (Wildman–Crippen MR) is 104 cm³/mol. The van der Waals surface area contributed by atoms with Gasteiger partial charge in [-0.25, -0.2) is 0 Å². The summed E-state index contributed by atoms with van der Waals surface area (Å²) in [6, 6.07) is 14.5. The van der Waals surface area contributed by atoms with E-state index < -0.39 is 0 Å². The Kier molecular flexibility index (Phi) is 7.21. The molecule has 0 bridgehead atoms. The highest BCUT2D eigenvalue weighted by atomic mass is 16.5. The number of nitrogens with one attached hydrogen (secondary N) is 2. The minimum absolute atomic E-state index is 0.0133. The average molecular weight is 354 g/mol. The van der Waals surface area contributed by atoms with Crippen molar-refractivity contribution in [3.8, 4) is 5.75 Å². The highest BCUT2D eigenvalue weighted by Crippen LogP contribution is 2.16. The summed E-state index contributed by atoms with van der Waals surface area (Å²) in [7, 11) is 0. The number of anilines is 1. The molecule has 0 unspecified atom stereocenters. The molecule has 0 radical (unpaired) electrons. The first-order chi connectivity index (χ1) is 12.5. The highest BCUT2D eigenvalue weighted by Gasteiger charge is 2.09. The molecule has 0 aliphatic rings. The van der Waals surface area contributed by atoms with Crippen LogP contribution in [-0.4, -0.2) is 24.5 Å². The van der Waals surface area contributed by atoms with E-state index in [0.29, 0.717) is 30.0 Å². The molecule has 2 aromatic carbocycles. The smallest absolute Gasteiger partial charge is 0.255 e. The molecule has 0 saturated carbocycles. The van der Waals surface area contributed by atoms with E-state index in [0.717, 1.165) is 12.0 Å². The molecule has 2 rings (SSSR count). The fraction of sp³-hybridized carbons (Fsp3) is 0.333. The van der Waals surface area contributed by atoms with Gasteiger partial charge in [-0.15, -0.1) is 0 Å². The van der Waals surface area contributed by atoms with Gasteiger partial charge in [-0.3, -0.25) is 9.59 Å². The fourth-order valence-electron chi connectivity index (χ4n) is 2.41. The summed E-state index contributed by atoms with van der Waals surface area (Å²) in [5, 5.41) is 5.72. The van der Waals surface area contributed by atoms with Crippen LogP contribution in [0.3, 0.4) is 0 Å². The maximum atomic E-state index is 12.4. The van der Waals surface area contributed by atoms with Crippen LogP contribution in [0.5, 0.6) is 5.75 Å². The van der Waals surface area contributed by atoms with Gasteiger partial charge in [0.05, 0.1) is 13.0 Å². The van der Waals surface area contributed by atoms with Crippen LogP contribution < -0.4 is 15.4 Å². The normalized spacial score (nSPS) is 10.5. The van der Waals surface area contributed by atoms with Gasteiger partial charge < -0.3 is 15.4 Å². The van der Waals surface area contributed by atoms with Crippen LogP contribution in [0.25, 0.3) is 0 Å². The molecule has 0 aromatic heterocycles. The van der Waals surface area contributed by atoms with Crippen LogP contribution in [0.15, 0.2) is 48.5 Å². The lowest BCUT2D eigenvalue weighted by molar-refractivity contribution is -0.120. The number of benzene rings is 2. The van der Waals surface area contributed by atoms with E-state index in [1.165, 1.54) is 0 Å². The van der Waals surface area contributed by atoms with Gasteiger partial charge in [0, 0.05) is 17.3 Å². The first-order valence-electron chi connectivity index (χ1n) is 8.90. The Morgan fingerprint density at radius 1 is 1.08 bits per heavy atom. The monoisotopic (exact) mass is 354 g/mol. The summed E-state index contributed by atoms with van der Waals surface area (Å²) < 4.78 is 5.56. The molecule has 0 aliphatic carbocycles. The van der Waals surface area contributed by atoms with Crippen molar-refractivity contribution in [2.45, 2.75) is 39.7 Å². The van der Waals surface area contributed by atoms with Crippen LogP contribution in [0, 0.1) is 0 Å². The van der Waals surface area contributed by atoms with Gasteiger partial charge in [0.2, 0.25) is 5.91 Å². The van der Waals surface area contributed by atoms with Crippen molar-refractivity contribution in [3.63, 3.8) is 0 Å². The molecule has 2 amide bonds. The Morgan fingerprint density at radius 3 is 2.46 bits per heavy atom. The number of rotatable bonds is 8. The summed E-state index contributed by atoms with van der Waals surface area (Å²) in [5.74, 6) is 0.476. The number of amides is 2. The van der Waals surface area contributed by atoms with Crippen molar-refractivity contribution in [1.82, 2.24) is 5.32 Å². The lowest BCUT2D eigenvalue weighted by Gasteiger charge is -2.10. The zero-order valence-electron chi connectivity index (χ0n) is 15.5. The second-order valence-electron chi connectivity index (χ2n) is 6.43. The van der Waals surface area contributed by atoms with Crippen molar-refractivity contribution in [2.75, 3.05) is 11.9 Å². The number of ether oxygens (including phenoxy) is 1.